The fourth-order valence-electron chi connectivity index (χ4n) is 5.11. The molecule has 7 nitrogen and oxygen atoms in total. The van der Waals surface area contributed by atoms with Crippen molar-refractivity contribution in [2.45, 2.75) is 25.7 Å². The molecule has 1 aliphatic heterocycles. The maximum atomic E-state index is 12.0. The third kappa shape index (κ3) is 3.73. The average Bonchev–Trinajstić information content (AvgIpc) is 2.90. The van der Waals surface area contributed by atoms with Gasteiger partial charge >= 0.3 is 0 Å². The number of para-hydroxylation sites is 2. The molecule has 2 heterocycles. The number of benzene rings is 3. The van der Waals surface area contributed by atoms with Crippen molar-refractivity contribution in [3.63, 3.8) is 0 Å². The van der Waals surface area contributed by atoms with E-state index in [0.29, 0.717) is 23.6 Å². The first-order chi connectivity index (χ1) is 17.5. The molecule has 180 valence electrons. The van der Waals surface area contributed by atoms with E-state index < -0.39 is 0 Å². The van der Waals surface area contributed by atoms with Crippen molar-refractivity contribution >= 4 is 45.8 Å². The summed E-state index contributed by atoms with van der Waals surface area (Å²) in [6, 6.07) is 17.7. The topological polar surface area (TPSA) is 80.5 Å². The number of nitro benzene ring substituents is 1. The van der Waals surface area contributed by atoms with E-state index in [9.17, 15) is 10.1 Å². The van der Waals surface area contributed by atoms with Crippen molar-refractivity contribution in [1.82, 2.24) is 4.98 Å². The predicted octanol–water partition coefficient (Wildman–Crippen LogP) is 7.11. The molecule has 6 rings (SSSR count). The minimum atomic E-state index is -0.265. The molecule has 0 fully saturated rings. The third-order valence-electron chi connectivity index (χ3n) is 6.96. The summed E-state index contributed by atoms with van der Waals surface area (Å²) in [5.41, 5.74) is 7.20. The number of hydrogen-bond acceptors (Lipinski definition) is 6. The molecule has 2 aliphatic rings. The minimum Gasteiger partial charge on any atom is -0.451 e. The maximum absolute atomic E-state index is 12.0. The Balaban J connectivity index is 1.55. The molecule has 0 saturated heterocycles. The fraction of sp³-hybridized carbons (Fsp3) is 0.207. The van der Waals surface area contributed by atoms with Crippen LogP contribution in [-0.4, -0.2) is 24.0 Å². The summed E-state index contributed by atoms with van der Waals surface area (Å²) in [4.78, 5) is 18.8. The number of anilines is 3. The summed E-state index contributed by atoms with van der Waals surface area (Å²) in [6.45, 7) is 0. The molecule has 1 aromatic heterocycles. The smallest absolute Gasteiger partial charge is 0.273 e. The van der Waals surface area contributed by atoms with E-state index in [1.165, 1.54) is 0 Å². The normalized spacial score (nSPS) is 13.9. The number of fused-ring (bicyclic) bond motifs is 6. The second kappa shape index (κ2) is 8.68. The zero-order chi connectivity index (χ0) is 24.8. The number of hydrogen-bond donors (Lipinski definition) is 1. The highest BCUT2D eigenvalue weighted by atomic mass is 16.6. The van der Waals surface area contributed by atoms with E-state index in [0.717, 1.165) is 63.9 Å². The molecule has 1 N–H and O–H groups in total. The number of aromatic nitrogens is 1. The van der Waals surface area contributed by atoms with Crippen molar-refractivity contribution in [1.29, 1.82) is 0 Å². The van der Waals surface area contributed by atoms with Gasteiger partial charge in [-0.25, -0.2) is 4.98 Å². The van der Waals surface area contributed by atoms with Crippen LogP contribution >= 0.6 is 0 Å². The van der Waals surface area contributed by atoms with Crippen molar-refractivity contribution in [2.24, 2.45) is 0 Å². The first-order valence-corrected chi connectivity index (χ1v) is 12.2. The van der Waals surface area contributed by atoms with Crippen LogP contribution in [0.3, 0.4) is 0 Å². The van der Waals surface area contributed by atoms with Crippen molar-refractivity contribution in [3.8, 4) is 11.5 Å². The molecular weight excluding hydrogens is 452 g/mol. The lowest BCUT2D eigenvalue weighted by Crippen LogP contribution is -2.11. The Kier molecular flexibility index (Phi) is 5.33. The van der Waals surface area contributed by atoms with Crippen LogP contribution < -0.4 is 15.0 Å². The zero-order valence-corrected chi connectivity index (χ0v) is 20.2. The van der Waals surface area contributed by atoms with E-state index in [1.807, 2.05) is 50.5 Å². The predicted molar refractivity (Wildman–Crippen MR) is 145 cm³/mol. The van der Waals surface area contributed by atoms with Gasteiger partial charge in [0.25, 0.3) is 5.69 Å². The van der Waals surface area contributed by atoms with Gasteiger partial charge in [0.05, 0.1) is 21.8 Å². The molecule has 4 aromatic rings. The summed E-state index contributed by atoms with van der Waals surface area (Å²) >= 11 is 0. The number of nitro groups is 1. The standard InChI is InChI=1S/C29H26N4O3/c1-32(2)19-14-11-18(12-15-19)13-16-24-29-28(30-23-9-5-6-10-26(23)36-29)22-17-25(33(34)35)20-7-3-4-8-21(20)27(22)31-24/h5-6,9-17,30H,3-4,7-8H2,1-2H3/b16-13+. The van der Waals surface area contributed by atoms with Gasteiger partial charge in [-0.2, -0.15) is 0 Å². The second-order valence-electron chi connectivity index (χ2n) is 9.46. The zero-order valence-electron chi connectivity index (χ0n) is 20.2. The highest BCUT2D eigenvalue weighted by Crippen LogP contribution is 2.49. The highest BCUT2D eigenvalue weighted by Gasteiger charge is 2.29. The summed E-state index contributed by atoms with van der Waals surface area (Å²) in [6.07, 6.45) is 7.43. The molecular formula is C29H26N4O3. The molecule has 0 amide bonds. The van der Waals surface area contributed by atoms with E-state index in [2.05, 4.69) is 34.5 Å². The van der Waals surface area contributed by atoms with Crippen molar-refractivity contribution in [3.05, 3.63) is 87.1 Å². The van der Waals surface area contributed by atoms with E-state index in [1.54, 1.807) is 6.07 Å². The quantitative estimate of drug-likeness (QED) is 0.219. The Morgan fingerprint density at radius 2 is 1.78 bits per heavy atom. The van der Waals surface area contributed by atoms with Crippen LogP contribution in [-0.2, 0) is 12.8 Å². The van der Waals surface area contributed by atoms with Crippen LogP contribution in [0.4, 0.5) is 22.7 Å². The van der Waals surface area contributed by atoms with Crippen LogP contribution in [0.5, 0.6) is 11.5 Å². The molecule has 3 aromatic carbocycles. The average molecular weight is 479 g/mol. The number of aryl methyl sites for hydroxylation is 1. The molecule has 0 spiro atoms. The van der Waals surface area contributed by atoms with Gasteiger partial charge < -0.3 is 15.0 Å². The molecule has 36 heavy (non-hydrogen) atoms. The van der Waals surface area contributed by atoms with Gasteiger partial charge in [0.2, 0.25) is 0 Å². The van der Waals surface area contributed by atoms with Crippen LogP contribution in [0.1, 0.15) is 35.2 Å². The molecule has 0 atom stereocenters. The summed E-state index contributed by atoms with van der Waals surface area (Å²) in [5, 5.41) is 16.2. The number of pyridine rings is 1. The number of nitrogens with zero attached hydrogens (tertiary/aromatic N) is 3. The van der Waals surface area contributed by atoms with Crippen LogP contribution in [0, 0.1) is 10.1 Å². The SMILES string of the molecule is CN(C)c1ccc(/C=C/c2nc3c4c(c([N+](=O)[O-])cc3c3c2Oc2ccccc2N3)CCCC4)cc1. The van der Waals surface area contributed by atoms with Crippen LogP contribution in [0.25, 0.3) is 23.1 Å². The number of nitrogens with one attached hydrogen (secondary N) is 1. The molecule has 0 bridgehead atoms. The lowest BCUT2D eigenvalue weighted by Gasteiger charge is -2.26. The lowest BCUT2D eigenvalue weighted by molar-refractivity contribution is -0.385. The van der Waals surface area contributed by atoms with E-state index in [-0.39, 0.29) is 10.6 Å². The Morgan fingerprint density at radius 1 is 1.03 bits per heavy atom. The largest absolute Gasteiger partial charge is 0.451 e. The molecule has 0 unspecified atom stereocenters. The summed E-state index contributed by atoms with van der Waals surface area (Å²) in [5.74, 6) is 1.27. The van der Waals surface area contributed by atoms with E-state index >= 15 is 0 Å². The van der Waals surface area contributed by atoms with Crippen LogP contribution in [0.2, 0.25) is 0 Å². The van der Waals surface area contributed by atoms with Crippen molar-refractivity contribution < 1.29 is 9.66 Å². The first-order valence-electron chi connectivity index (χ1n) is 12.2. The van der Waals surface area contributed by atoms with Gasteiger partial charge in [-0.15, -0.1) is 0 Å². The lowest BCUT2D eigenvalue weighted by atomic mass is 9.87. The Labute approximate surface area is 209 Å². The fourth-order valence-corrected chi connectivity index (χ4v) is 5.11. The van der Waals surface area contributed by atoms with Gasteiger partial charge in [0.15, 0.2) is 11.5 Å². The summed E-state index contributed by atoms with van der Waals surface area (Å²) in [7, 11) is 4.03. The Hall–Kier alpha value is -4.39. The monoisotopic (exact) mass is 478 g/mol. The minimum absolute atomic E-state index is 0.172. The van der Waals surface area contributed by atoms with Gasteiger partial charge in [0, 0.05) is 36.8 Å². The molecule has 0 saturated carbocycles. The highest BCUT2D eigenvalue weighted by molar-refractivity contribution is 6.03. The van der Waals surface area contributed by atoms with Crippen molar-refractivity contribution in [2.75, 3.05) is 24.3 Å². The molecule has 0 radical (unpaired) electrons. The van der Waals surface area contributed by atoms with Gasteiger partial charge in [-0.3, -0.25) is 10.1 Å². The van der Waals surface area contributed by atoms with Gasteiger partial charge in [0.1, 0.15) is 5.69 Å². The number of rotatable bonds is 4. The number of ether oxygens (including phenoxy) is 1. The molecule has 1 aliphatic carbocycles. The van der Waals surface area contributed by atoms with Gasteiger partial charge in [-0.05, 0) is 67.2 Å². The van der Waals surface area contributed by atoms with Crippen LogP contribution in [0.15, 0.2) is 54.6 Å². The Bertz CT molecular complexity index is 1540. The maximum Gasteiger partial charge on any atom is 0.273 e. The summed E-state index contributed by atoms with van der Waals surface area (Å²) < 4.78 is 6.35. The third-order valence-corrected chi connectivity index (χ3v) is 6.96. The molecule has 7 heteroatoms. The Morgan fingerprint density at radius 3 is 2.53 bits per heavy atom. The second-order valence-corrected chi connectivity index (χ2v) is 9.46. The van der Waals surface area contributed by atoms with E-state index in [4.69, 9.17) is 9.72 Å². The van der Waals surface area contributed by atoms with Gasteiger partial charge in [-0.1, -0.05) is 30.3 Å². The first kappa shape index (κ1) is 22.1.